The number of rotatable bonds is 5. The highest BCUT2D eigenvalue weighted by molar-refractivity contribution is 7.03. The second-order valence-electron chi connectivity index (χ2n) is 6.17. The number of para-hydroxylation sites is 1. The molecule has 2 aromatic heterocycles. The highest BCUT2D eigenvalue weighted by atomic mass is 32.1. The quantitative estimate of drug-likeness (QED) is 0.455. The van der Waals surface area contributed by atoms with Gasteiger partial charge in [0.2, 0.25) is 0 Å². The fourth-order valence-corrected chi connectivity index (χ4v) is 3.51. The Kier molecular flexibility index (Phi) is 5.36. The molecular weight excluding hydrogens is 404 g/mol. The molecule has 0 amide bonds. The van der Waals surface area contributed by atoms with Crippen LogP contribution in [0.1, 0.15) is 20.8 Å². The monoisotopic (exact) mass is 420 g/mol. The van der Waals surface area contributed by atoms with Gasteiger partial charge in [0, 0.05) is 16.5 Å². The molecule has 2 heterocycles. The average molecular weight is 420 g/mol. The van der Waals surface area contributed by atoms with Crippen molar-refractivity contribution in [2.24, 2.45) is 0 Å². The predicted octanol–water partition coefficient (Wildman–Crippen LogP) is 3.63. The van der Waals surface area contributed by atoms with Gasteiger partial charge >= 0.3 is 11.9 Å². The Morgan fingerprint density at radius 1 is 0.900 bits per heavy atom. The molecule has 9 heteroatoms. The number of aromatic nitrogens is 4. The van der Waals surface area contributed by atoms with Crippen molar-refractivity contribution in [3.05, 3.63) is 71.2 Å². The minimum absolute atomic E-state index is 0.00155. The van der Waals surface area contributed by atoms with Crippen molar-refractivity contribution in [3.63, 3.8) is 0 Å². The summed E-state index contributed by atoms with van der Waals surface area (Å²) in [7, 11) is 2.51. The number of ether oxygens (including phenoxy) is 2. The van der Waals surface area contributed by atoms with Crippen molar-refractivity contribution >= 4 is 23.5 Å². The van der Waals surface area contributed by atoms with E-state index >= 15 is 0 Å². The fraction of sp³-hybridized carbons (Fsp3) is 0.0952. The number of carbonyl (C=O) groups is 2. The second kappa shape index (κ2) is 8.26. The van der Waals surface area contributed by atoms with E-state index in [1.54, 1.807) is 24.3 Å². The summed E-state index contributed by atoms with van der Waals surface area (Å²) >= 11 is 1.26. The van der Waals surface area contributed by atoms with E-state index in [0.29, 0.717) is 16.9 Å². The molecule has 0 spiro atoms. The van der Waals surface area contributed by atoms with Crippen LogP contribution < -0.4 is 0 Å². The van der Waals surface area contributed by atoms with Gasteiger partial charge in [0.15, 0.2) is 5.69 Å². The van der Waals surface area contributed by atoms with Crippen molar-refractivity contribution in [3.8, 4) is 28.2 Å². The number of nitrogens with zero attached hydrogens (tertiary/aromatic N) is 4. The van der Waals surface area contributed by atoms with Crippen LogP contribution in [-0.2, 0) is 9.47 Å². The van der Waals surface area contributed by atoms with Gasteiger partial charge in [-0.3, -0.25) is 0 Å². The zero-order valence-corrected chi connectivity index (χ0v) is 16.9. The van der Waals surface area contributed by atoms with Gasteiger partial charge in [0.25, 0.3) is 0 Å². The minimum atomic E-state index is -0.692. The minimum Gasteiger partial charge on any atom is -0.465 e. The molecule has 0 atom stereocenters. The molecule has 2 aromatic carbocycles. The standard InChI is InChI=1S/C21H16N4O4S/c1-28-20(26)17-18(14-10-8-13(9-11-14)16-12-30-24-22-16)23-25(19(17)21(27)29-2)15-6-4-3-5-7-15/h3-12H,1-2H3. The van der Waals surface area contributed by atoms with Gasteiger partial charge in [-0.1, -0.05) is 47.0 Å². The lowest BCUT2D eigenvalue weighted by Gasteiger charge is -2.07. The van der Waals surface area contributed by atoms with Crippen molar-refractivity contribution in [2.45, 2.75) is 0 Å². The fourth-order valence-electron chi connectivity index (χ4n) is 3.05. The molecule has 8 nitrogen and oxygen atoms in total. The molecular formula is C21H16N4O4S. The summed E-state index contributed by atoms with van der Waals surface area (Å²) in [5.41, 5.74) is 3.23. The second-order valence-corrected chi connectivity index (χ2v) is 6.78. The van der Waals surface area contributed by atoms with E-state index in [1.807, 2.05) is 35.7 Å². The summed E-state index contributed by atoms with van der Waals surface area (Å²) in [6.07, 6.45) is 0. The topological polar surface area (TPSA) is 96.2 Å². The molecule has 150 valence electrons. The van der Waals surface area contributed by atoms with Gasteiger partial charge in [-0.2, -0.15) is 5.10 Å². The lowest BCUT2D eigenvalue weighted by atomic mass is 10.0. The first-order valence-corrected chi connectivity index (χ1v) is 9.70. The SMILES string of the molecule is COC(=O)c1c(-c2ccc(-c3csnn3)cc2)nn(-c2ccccc2)c1C(=O)OC. The molecule has 0 aliphatic carbocycles. The molecule has 0 saturated carbocycles. The summed E-state index contributed by atoms with van der Waals surface area (Å²) in [5, 5.41) is 10.5. The summed E-state index contributed by atoms with van der Waals surface area (Å²) in [6.45, 7) is 0. The van der Waals surface area contributed by atoms with Gasteiger partial charge in [-0.05, 0) is 23.7 Å². The number of methoxy groups -OCH3 is 2. The maximum atomic E-state index is 12.6. The highest BCUT2D eigenvalue weighted by Gasteiger charge is 2.31. The number of esters is 2. The molecule has 0 saturated heterocycles. The predicted molar refractivity (Wildman–Crippen MR) is 111 cm³/mol. The third-order valence-electron chi connectivity index (χ3n) is 4.47. The van der Waals surface area contributed by atoms with E-state index in [2.05, 4.69) is 14.7 Å². The molecule has 0 radical (unpaired) electrons. The first-order valence-electron chi connectivity index (χ1n) is 8.87. The smallest absolute Gasteiger partial charge is 0.357 e. The third-order valence-corrected chi connectivity index (χ3v) is 4.97. The first-order chi connectivity index (χ1) is 14.6. The molecule has 0 aliphatic heterocycles. The molecule has 0 aliphatic rings. The van der Waals surface area contributed by atoms with E-state index in [4.69, 9.17) is 9.47 Å². The molecule has 0 unspecified atom stereocenters. The van der Waals surface area contributed by atoms with Crippen molar-refractivity contribution in [2.75, 3.05) is 14.2 Å². The molecule has 0 bridgehead atoms. The van der Waals surface area contributed by atoms with Gasteiger partial charge in [0.05, 0.1) is 19.9 Å². The van der Waals surface area contributed by atoms with E-state index in [0.717, 1.165) is 11.3 Å². The number of hydrogen-bond acceptors (Lipinski definition) is 8. The zero-order valence-electron chi connectivity index (χ0n) is 16.1. The van der Waals surface area contributed by atoms with Crippen LogP contribution in [0.25, 0.3) is 28.2 Å². The Morgan fingerprint density at radius 3 is 2.17 bits per heavy atom. The first kappa shape index (κ1) is 19.5. The average Bonchev–Trinajstić information content (AvgIpc) is 3.47. The third kappa shape index (κ3) is 3.46. The summed E-state index contributed by atoms with van der Waals surface area (Å²) in [5.74, 6) is -1.37. The Labute approximate surface area is 175 Å². The zero-order chi connectivity index (χ0) is 21.1. The van der Waals surface area contributed by atoms with Crippen LogP contribution in [0.2, 0.25) is 0 Å². The Bertz CT molecular complexity index is 1190. The van der Waals surface area contributed by atoms with Gasteiger partial charge < -0.3 is 9.47 Å². The normalized spacial score (nSPS) is 10.6. The van der Waals surface area contributed by atoms with Gasteiger partial charge in [0.1, 0.15) is 17.0 Å². The number of benzene rings is 2. The molecule has 30 heavy (non-hydrogen) atoms. The maximum absolute atomic E-state index is 12.6. The van der Waals surface area contributed by atoms with E-state index < -0.39 is 11.9 Å². The molecule has 0 N–H and O–H groups in total. The summed E-state index contributed by atoms with van der Waals surface area (Å²) < 4.78 is 15.1. The number of hydrogen-bond donors (Lipinski definition) is 0. The van der Waals surface area contributed by atoms with E-state index in [9.17, 15) is 9.59 Å². The highest BCUT2D eigenvalue weighted by Crippen LogP contribution is 2.30. The summed E-state index contributed by atoms with van der Waals surface area (Å²) in [6, 6.07) is 16.3. The van der Waals surface area contributed by atoms with Crippen LogP contribution >= 0.6 is 11.5 Å². The maximum Gasteiger partial charge on any atom is 0.357 e. The largest absolute Gasteiger partial charge is 0.465 e. The van der Waals surface area contributed by atoms with Crippen molar-refractivity contribution in [1.29, 1.82) is 0 Å². The lowest BCUT2D eigenvalue weighted by molar-refractivity contribution is 0.0549. The van der Waals surface area contributed by atoms with Gasteiger partial charge in [-0.15, -0.1) is 5.10 Å². The van der Waals surface area contributed by atoms with Crippen LogP contribution in [0.4, 0.5) is 0 Å². The van der Waals surface area contributed by atoms with Crippen LogP contribution in [0, 0.1) is 0 Å². The summed E-state index contributed by atoms with van der Waals surface area (Å²) in [4.78, 5) is 25.2. The van der Waals surface area contributed by atoms with Crippen LogP contribution in [0.5, 0.6) is 0 Å². The van der Waals surface area contributed by atoms with Crippen LogP contribution in [-0.4, -0.2) is 45.5 Å². The molecule has 4 aromatic rings. The van der Waals surface area contributed by atoms with E-state index in [-0.39, 0.29) is 11.3 Å². The van der Waals surface area contributed by atoms with E-state index in [1.165, 1.54) is 30.4 Å². The van der Waals surface area contributed by atoms with Crippen molar-refractivity contribution in [1.82, 2.24) is 19.4 Å². The van der Waals surface area contributed by atoms with Crippen LogP contribution in [0.15, 0.2) is 60.0 Å². The van der Waals surface area contributed by atoms with Crippen molar-refractivity contribution < 1.29 is 19.1 Å². The Hall–Kier alpha value is -3.85. The van der Waals surface area contributed by atoms with Gasteiger partial charge in [-0.25, -0.2) is 14.3 Å². The molecule has 4 rings (SSSR count). The van der Waals surface area contributed by atoms with Crippen LogP contribution in [0.3, 0.4) is 0 Å². The lowest BCUT2D eigenvalue weighted by Crippen LogP contribution is -2.15. The Morgan fingerprint density at radius 2 is 1.57 bits per heavy atom. The number of carbonyl (C=O) groups excluding carboxylic acids is 2. The molecule has 0 fully saturated rings. The Balaban J connectivity index is 1.92.